The Balaban J connectivity index is 4.60. The van der Waals surface area contributed by atoms with Crippen LogP contribution in [0.2, 0.25) is 0 Å². The molecule has 0 aliphatic rings. The number of allylic oxidation sites excluding steroid dienone is 5. The van der Waals surface area contributed by atoms with Crippen molar-refractivity contribution in [2.45, 2.75) is 47.5 Å². The summed E-state index contributed by atoms with van der Waals surface area (Å²) in [6.07, 6.45) is 4.69. The van der Waals surface area contributed by atoms with E-state index in [-0.39, 0.29) is 0 Å². The highest BCUT2D eigenvalue weighted by Gasteiger charge is 1.95. The van der Waals surface area contributed by atoms with Gasteiger partial charge in [-0.1, -0.05) is 37.1 Å². The van der Waals surface area contributed by atoms with Crippen LogP contribution < -0.4 is 0 Å². The summed E-state index contributed by atoms with van der Waals surface area (Å²) in [6, 6.07) is 0. The first-order valence-corrected chi connectivity index (χ1v) is 4.99. The minimum atomic E-state index is 1.16. The van der Waals surface area contributed by atoms with E-state index in [1.165, 1.54) is 29.6 Å². The van der Waals surface area contributed by atoms with Gasteiger partial charge in [0.05, 0.1) is 0 Å². The Morgan fingerprint density at radius 3 is 2.08 bits per heavy atom. The molecule has 0 rings (SSSR count). The Hall–Kier alpha value is -0.780. The molecule has 74 valence electrons. The highest BCUT2D eigenvalue weighted by atomic mass is 14.0. The second-order valence-electron chi connectivity index (χ2n) is 3.83. The molecule has 0 aliphatic carbocycles. The largest absolute Gasteiger partial charge is 0.0958 e. The van der Waals surface area contributed by atoms with Crippen LogP contribution in [0.4, 0.5) is 0 Å². The van der Waals surface area contributed by atoms with E-state index < -0.39 is 0 Å². The van der Waals surface area contributed by atoms with Gasteiger partial charge in [-0.2, -0.15) is 0 Å². The van der Waals surface area contributed by atoms with Crippen LogP contribution in [0.1, 0.15) is 47.5 Å². The van der Waals surface area contributed by atoms with Gasteiger partial charge in [0, 0.05) is 0 Å². The molecule has 0 radical (unpaired) electrons. The van der Waals surface area contributed by atoms with Gasteiger partial charge in [0.15, 0.2) is 0 Å². The molecule has 0 amide bonds. The highest BCUT2D eigenvalue weighted by molar-refractivity contribution is 5.35. The lowest BCUT2D eigenvalue weighted by Crippen LogP contribution is -1.84. The number of hydrogen-bond donors (Lipinski definition) is 0. The Bertz CT molecular complexity index is 239. The minimum Gasteiger partial charge on any atom is -0.0958 e. The maximum atomic E-state index is 3.94. The van der Waals surface area contributed by atoms with Gasteiger partial charge in [-0.25, -0.2) is 0 Å². The summed E-state index contributed by atoms with van der Waals surface area (Å²) >= 11 is 0. The molecule has 0 atom stereocenters. The Morgan fingerprint density at radius 1 is 1.15 bits per heavy atom. The SMILES string of the molecule is C=C(C)/C(C)=C(C)\C=C(\C)CCC. The lowest BCUT2D eigenvalue weighted by atomic mass is 10.0. The summed E-state index contributed by atoms with van der Waals surface area (Å²) < 4.78 is 0. The summed E-state index contributed by atoms with van der Waals surface area (Å²) in [4.78, 5) is 0. The van der Waals surface area contributed by atoms with E-state index in [9.17, 15) is 0 Å². The van der Waals surface area contributed by atoms with Crippen molar-refractivity contribution < 1.29 is 0 Å². The monoisotopic (exact) mass is 178 g/mol. The smallest absolute Gasteiger partial charge is 0.0322 e. The fourth-order valence-corrected chi connectivity index (χ4v) is 1.28. The fourth-order valence-electron chi connectivity index (χ4n) is 1.28. The average molecular weight is 178 g/mol. The second kappa shape index (κ2) is 5.80. The van der Waals surface area contributed by atoms with E-state index >= 15 is 0 Å². The van der Waals surface area contributed by atoms with E-state index in [1.54, 1.807) is 0 Å². The molecular formula is C13H22. The van der Waals surface area contributed by atoms with Crippen LogP contribution in [-0.4, -0.2) is 0 Å². The number of rotatable bonds is 4. The third-order valence-electron chi connectivity index (χ3n) is 2.34. The molecule has 0 heterocycles. The van der Waals surface area contributed by atoms with Gasteiger partial charge in [0.25, 0.3) is 0 Å². The molecule has 0 saturated carbocycles. The van der Waals surface area contributed by atoms with Crippen LogP contribution in [0.15, 0.2) is 34.9 Å². The van der Waals surface area contributed by atoms with Gasteiger partial charge >= 0.3 is 0 Å². The van der Waals surface area contributed by atoms with Crippen LogP contribution in [-0.2, 0) is 0 Å². The van der Waals surface area contributed by atoms with Gasteiger partial charge in [-0.05, 0) is 45.3 Å². The van der Waals surface area contributed by atoms with Crippen LogP contribution in [0, 0.1) is 0 Å². The Labute approximate surface area is 83.0 Å². The molecule has 0 aromatic carbocycles. The van der Waals surface area contributed by atoms with Gasteiger partial charge in [0.1, 0.15) is 0 Å². The molecule has 0 fully saturated rings. The van der Waals surface area contributed by atoms with Gasteiger partial charge < -0.3 is 0 Å². The molecule has 13 heavy (non-hydrogen) atoms. The maximum absolute atomic E-state index is 3.94. The summed E-state index contributed by atoms with van der Waals surface area (Å²) in [6.45, 7) is 14.7. The van der Waals surface area contributed by atoms with Crippen molar-refractivity contribution in [1.29, 1.82) is 0 Å². The zero-order chi connectivity index (χ0) is 10.4. The van der Waals surface area contributed by atoms with E-state index in [4.69, 9.17) is 0 Å². The van der Waals surface area contributed by atoms with Gasteiger partial charge in [-0.3, -0.25) is 0 Å². The normalized spacial score (nSPS) is 14.1. The molecule has 0 nitrogen and oxygen atoms in total. The molecule has 0 aromatic rings. The van der Waals surface area contributed by atoms with Crippen molar-refractivity contribution >= 4 is 0 Å². The molecule has 0 spiro atoms. The third kappa shape index (κ3) is 4.72. The van der Waals surface area contributed by atoms with E-state index in [0.29, 0.717) is 0 Å². The molecule has 0 bridgehead atoms. The van der Waals surface area contributed by atoms with Crippen molar-refractivity contribution in [2.24, 2.45) is 0 Å². The summed E-state index contributed by atoms with van der Waals surface area (Å²) in [5.41, 5.74) is 5.28. The topological polar surface area (TPSA) is 0 Å². The highest BCUT2D eigenvalue weighted by Crippen LogP contribution is 2.15. The Morgan fingerprint density at radius 2 is 1.69 bits per heavy atom. The van der Waals surface area contributed by atoms with E-state index in [0.717, 1.165) is 5.57 Å². The zero-order valence-corrected chi connectivity index (χ0v) is 9.70. The third-order valence-corrected chi connectivity index (χ3v) is 2.34. The predicted octanol–water partition coefficient (Wildman–Crippen LogP) is 4.65. The molecule has 0 aromatic heterocycles. The second-order valence-corrected chi connectivity index (χ2v) is 3.83. The van der Waals surface area contributed by atoms with Crippen molar-refractivity contribution in [3.8, 4) is 0 Å². The first kappa shape index (κ1) is 12.2. The molecule has 0 saturated heterocycles. The van der Waals surface area contributed by atoms with Crippen LogP contribution in [0.3, 0.4) is 0 Å². The lowest BCUT2D eigenvalue weighted by molar-refractivity contribution is 0.903. The minimum absolute atomic E-state index is 1.16. The zero-order valence-electron chi connectivity index (χ0n) is 9.70. The lowest BCUT2D eigenvalue weighted by Gasteiger charge is -2.04. The summed E-state index contributed by atoms with van der Waals surface area (Å²) in [5, 5.41) is 0. The first-order valence-electron chi connectivity index (χ1n) is 4.99. The van der Waals surface area contributed by atoms with Gasteiger partial charge in [0.2, 0.25) is 0 Å². The molecule has 0 heteroatoms. The Kier molecular flexibility index (Phi) is 5.45. The molecule has 0 aliphatic heterocycles. The quantitative estimate of drug-likeness (QED) is 0.550. The van der Waals surface area contributed by atoms with Crippen molar-refractivity contribution in [1.82, 2.24) is 0 Å². The average Bonchev–Trinajstić information content (AvgIpc) is 2.03. The predicted molar refractivity (Wildman–Crippen MR) is 61.9 cm³/mol. The van der Waals surface area contributed by atoms with Crippen LogP contribution in [0.5, 0.6) is 0 Å². The van der Waals surface area contributed by atoms with E-state index in [1.807, 2.05) is 0 Å². The van der Waals surface area contributed by atoms with Crippen LogP contribution in [0.25, 0.3) is 0 Å². The molecular weight excluding hydrogens is 156 g/mol. The standard InChI is InChI=1S/C13H22/c1-7-8-11(4)9-12(5)13(6)10(2)3/h9H,2,7-8H2,1,3-6H3/b11-9-,13-12-. The molecule has 0 N–H and O–H groups in total. The summed E-state index contributed by atoms with van der Waals surface area (Å²) in [5.74, 6) is 0. The maximum Gasteiger partial charge on any atom is -0.0322 e. The number of hydrogen-bond acceptors (Lipinski definition) is 0. The van der Waals surface area contributed by atoms with Crippen molar-refractivity contribution in [3.63, 3.8) is 0 Å². The molecule has 0 unspecified atom stereocenters. The first-order chi connectivity index (χ1) is 5.99. The van der Waals surface area contributed by atoms with Gasteiger partial charge in [-0.15, -0.1) is 0 Å². The van der Waals surface area contributed by atoms with E-state index in [2.05, 4.69) is 47.3 Å². The van der Waals surface area contributed by atoms with Crippen LogP contribution >= 0.6 is 0 Å². The fraction of sp³-hybridized carbons (Fsp3) is 0.538. The van der Waals surface area contributed by atoms with Crippen molar-refractivity contribution in [3.05, 3.63) is 34.9 Å². The summed E-state index contributed by atoms with van der Waals surface area (Å²) in [7, 11) is 0. The van der Waals surface area contributed by atoms with Crippen molar-refractivity contribution in [2.75, 3.05) is 0 Å².